The molecule has 2 atom stereocenters. The largest absolute Gasteiger partial charge is 0.494 e. The van der Waals surface area contributed by atoms with Crippen molar-refractivity contribution < 1.29 is 9.47 Å². The average molecular weight is 393 g/mol. The number of methoxy groups -OCH3 is 1. The van der Waals surface area contributed by atoms with Crippen LogP contribution in [0.1, 0.15) is 25.3 Å². The van der Waals surface area contributed by atoms with Gasteiger partial charge in [0.1, 0.15) is 5.75 Å². The van der Waals surface area contributed by atoms with E-state index in [1.165, 1.54) is 12.0 Å². The van der Waals surface area contributed by atoms with E-state index in [2.05, 4.69) is 56.2 Å². The predicted octanol–water partition coefficient (Wildman–Crippen LogP) is 3.88. The lowest BCUT2D eigenvalue weighted by Crippen LogP contribution is -2.36. The van der Waals surface area contributed by atoms with E-state index >= 15 is 0 Å². The first kappa shape index (κ1) is 15.3. The van der Waals surface area contributed by atoms with Gasteiger partial charge in [-0.15, -0.1) is 0 Å². The molecular formula is C14H19Br2NO2. The third-order valence-electron chi connectivity index (χ3n) is 3.41. The van der Waals surface area contributed by atoms with Gasteiger partial charge in [0.15, 0.2) is 0 Å². The Hall–Kier alpha value is -0.100. The maximum Gasteiger partial charge on any atom is 0.147 e. The number of nitrogens with one attached hydrogen (secondary N) is 1. The third-order valence-corrected chi connectivity index (χ3v) is 4.59. The lowest BCUT2D eigenvalue weighted by molar-refractivity contribution is 0.0832. The standard InChI is InChI=1S/C14H19Br2NO2/c1-9(13-4-3-5-19-13)17-8-10-6-11(15)14(18-2)12(16)7-10/h6-7,9,13,17H,3-5,8H2,1-2H3/t9-,13+/m1/s1. The van der Waals surface area contributed by atoms with Crippen LogP contribution in [0, 0.1) is 0 Å². The summed E-state index contributed by atoms with van der Waals surface area (Å²) < 4.78 is 12.9. The van der Waals surface area contributed by atoms with Crippen molar-refractivity contribution in [2.75, 3.05) is 13.7 Å². The minimum Gasteiger partial charge on any atom is -0.494 e. The van der Waals surface area contributed by atoms with E-state index in [1.54, 1.807) is 7.11 Å². The molecule has 1 saturated heterocycles. The van der Waals surface area contributed by atoms with Gasteiger partial charge >= 0.3 is 0 Å². The lowest BCUT2D eigenvalue weighted by atomic mass is 10.1. The highest BCUT2D eigenvalue weighted by Crippen LogP contribution is 2.34. The molecule has 1 heterocycles. The first-order valence-corrected chi connectivity index (χ1v) is 8.07. The van der Waals surface area contributed by atoms with Crippen molar-refractivity contribution in [3.8, 4) is 5.75 Å². The van der Waals surface area contributed by atoms with Crippen LogP contribution >= 0.6 is 31.9 Å². The smallest absolute Gasteiger partial charge is 0.147 e. The van der Waals surface area contributed by atoms with Gasteiger partial charge in [0.2, 0.25) is 0 Å². The second kappa shape index (κ2) is 7.07. The first-order chi connectivity index (χ1) is 9.11. The van der Waals surface area contributed by atoms with E-state index in [0.717, 1.165) is 34.3 Å². The molecular weight excluding hydrogens is 374 g/mol. The maximum absolute atomic E-state index is 5.69. The van der Waals surface area contributed by atoms with E-state index < -0.39 is 0 Å². The summed E-state index contributed by atoms with van der Waals surface area (Å²) in [5.41, 5.74) is 1.21. The summed E-state index contributed by atoms with van der Waals surface area (Å²) in [5.74, 6) is 0.830. The topological polar surface area (TPSA) is 30.5 Å². The highest BCUT2D eigenvalue weighted by molar-refractivity contribution is 9.11. The number of hydrogen-bond donors (Lipinski definition) is 1. The molecule has 3 nitrogen and oxygen atoms in total. The van der Waals surface area contributed by atoms with Crippen molar-refractivity contribution in [3.63, 3.8) is 0 Å². The van der Waals surface area contributed by atoms with Crippen molar-refractivity contribution in [1.82, 2.24) is 5.32 Å². The third kappa shape index (κ3) is 3.94. The zero-order chi connectivity index (χ0) is 13.8. The monoisotopic (exact) mass is 391 g/mol. The summed E-state index contributed by atoms with van der Waals surface area (Å²) >= 11 is 7.05. The molecule has 1 aliphatic rings. The molecule has 0 unspecified atom stereocenters. The molecule has 0 saturated carbocycles. The second-order valence-electron chi connectivity index (χ2n) is 4.81. The summed E-state index contributed by atoms with van der Waals surface area (Å²) in [6.07, 6.45) is 2.69. The van der Waals surface area contributed by atoms with Crippen molar-refractivity contribution in [2.45, 2.75) is 38.5 Å². The van der Waals surface area contributed by atoms with Gasteiger partial charge in [0.05, 0.1) is 22.2 Å². The fourth-order valence-electron chi connectivity index (χ4n) is 2.32. The minimum absolute atomic E-state index is 0.352. The minimum atomic E-state index is 0.352. The van der Waals surface area contributed by atoms with Crippen molar-refractivity contribution in [1.29, 1.82) is 0 Å². The quantitative estimate of drug-likeness (QED) is 0.824. The molecule has 0 amide bonds. The van der Waals surface area contributed by atoms with Crippen LogP contribution in [-0.2, 0) is 11.3 Å². The molecule has 0 bridgehead atoms. The van der Waals surface area contributed by atoms with Gasteiger partial charge in [-0.05, 0) is 69.3 Å². The zero-order valence-electron chi connectivity index (χ0n) is 11.2. The Labute approximate surface area is 131 Å². The molecule has 0 spiro atoms. The Balaban J connectivity index is 1.95. The Bertz CT molecular complexity index is 410. The van der Waals surface area contributed by atoms with E-state index in [4.69, 9.17) is 9.47 Å². The van der Waals surface area contributed by atoms with Crippen molar-refractivity contribution in [2.24, 2.45) is 0 Å². The van der Waals surface area contributed by atoms with Crippen LogP contribution < -0.4 is 10.1 Å². The highest BCUT2D eigenvalue weighted by atomic mass is 79.9. The molecule has 5 heteroatoms. The highest BCUT2D eigenvalue weighted by Gasteiger charge is 2.21. The summed E-state index contributed by atoms with van der Waals surface area (Å²) in [5, 5.41) is 3.53. The van der Waals surface area contributed by atoms with Gasteiger partial charge in [-0.25, -0.2) is 0 Å². The summed E-state index contributed by atoms with van der Waals surface area (Å²) in [7, 11) is 1.67. The summed E-state index contributed by atoms with van der Waals surface area (Å²) in [4.78, 5) is 0. The molecule has 1 N–H and O–H groups in total. The number of benzene rings is 1. The van der Waals surface area contributed by atoms with Gasteiger partial charge in [-0.2, -0.15) is 0 Å². The number of halogens is 2. The molecule has 2 rings (SSSR count). The fourth-order valence-corrected chi connectivity index (χ4v) is 3.92. The van der Waals surface area contributed by atoms with Gasteiger partial charge in [0, 0.05) is 19.2 Å². The number of hydrogen-bond acceptors (Lipinski definition) is 3. The van der Waals surface area contributed by atoms with Crippen LogP contribution in [0.15, 0.2) is 21.1 Å². The van der Waals surface area contributed by atoms with E-state index in [-0.39, 0.29) is 0 Å². The maximum atomic E-state index is 5.69. The Kier molecular flexibility index (Phi) is 5.69. The second-order valence-corrected chi connectivity index (χ2v) is 6.52. The molecule has 19 heavy (non-hydrogen) atoms. The SMILES string of the molecule is COc1c(Br)cc(CN[C@H](C)[C@@H]2CCCO2)cc1Br. The first-order valence-electron chi connectivity index (χ1n) is 6.48. The van der Waals surface area contributed by atoms with Gasteiger partial charge in [0.25, 0.3) is 0 Å². The Morgan fingerprint density at radius 1 is 1.42 bits per heavy atom. The Morgan fingerprint density at radius 3 is 2.63 bits per heavy atom. The van der Waals surface area contributed by atoms with E-state index in [9.17, 15) is 0 Å². The molecule has 1 aromatic carbocycles. The van der Waals surface area contributed by atoms with E-state index in [0.29, 0.717) is 12.1 Å². The summed E-state index contributed by atoms with van der Waals surface area (Å²) in [6, 6.07) is 4.54. The predicted molar refractivity (Wildman–Crippen MR) is 83.7 cm³/mol. The molecule has 1 fully saturated rings. The molecule has 0 radical (unpaired) electrons. The normalized spacial score (nSPS) is 20.5. The Morgan fingerprint density at radius 2 is 2.11 bits per heavy atom. The van der Waals surface area contributed by atoms with Gasteiger partial charge in [-0.3, -0.25) is 0 Å². The van der Waals surface area contributed by atoms with Gasteiger partial charge in [-0.1, -0.05) is 0 Å². The fraction of sp³-hybridized carbons (Fsp3) is 0.571. The molecule has 1 aromatic rings. The molecule has 0 aromatic heterocycles. The van der Waals surface area contributed by atoms with Crippen LogP contribution in [0.25, 0.3) is 0 Å². The zero-order valence-corrected chi connectivity index (χ0v) is 14.4. The lowest BCUT2D eigenvalue weighted by Gasteiger charge is -2.20. The van der Waals surface area contributed by atoms with Crippen LogP contribution in [-0.4, -0.2) is 25.9 Å². The van der Waals surface area contributed by atoms with Crippen LogP contribution in [0.5, 0.6) is 5.75 Å². The van der Waals surface area contributed by atoms with Crippen molar-refractivity contribution in [3.05, 3.63) is 26.6 Å². The van der Waals surface area contributed by atoms with Crippen LogP contribution in [0.2, 0.25) is 0 Å². The molecule has 106 valence electrons. The van der Waals surface area contributed by atoms with Crippen LogP contribution in [0.3, 0.4) is 0 Å². The summed E-state index contributed by atoms with van der Waals surface area (Å²) in [6.45, 7) is 3.90. The molecule has 1 aliphatic heterocycles. The average Bonchev–Trinajstić information content (AvgIpc) is 2.89. The number of ether oxygens (including phenoxy) is 2. The van der Waals surface area contributed by atoms with Crippen LogP contribution in [0.4, 0.5) is 0 Å². The van der Waals surface area contributed by atoms with Crippen molar-refractivity contribution >= 4 is 31.9 Å². The van der Waals surface area contributed by atoms with E-state index in [1.807, 2.05) is 0 Å². The molecule has 0 aliphatic carbocycles. The van der Waals surface area contributed by atoms with Gasteiger partial charge < -0.3 is 14.8 Å². The number of rotatable bonds is 5.